The van der Waals surface area contributed by atoms with Crippen LogP contribution in [0.3, 0.4) is 0 Å². The second-order valence-corrected chi connectivity index (χ2v) is 7.19. The predicted octanol–water partition coefficient (Wildman–Crippen LogP) is 1.94. The topological polar surface area (TPSA) is 108 Å². The molecular formula is C12H12BrN3O4S. The number of halogens is 1. The summed E-state index contributed by atoms with van der Waals surface area (Å²) in [5.41, 5.74) is 0. The van der Waals surface area contributed by atoms with E-state index in [2.05, 4.69) is 26.1 Å². The molecule has 1 aliphatic carbocycles. The molecule has 0 unspecified atom stereocenters. The second kappa shape index (κ2) is 5.39. The number of nitrogens with two attached hydrogens (primary N) is 1. The lowest BCUT2D eigenvalue weighted by atomic mass is 10.3. The lowest BCUT2D eigenvalue weighted by Gasteiger charge is -2.08. The Bertz CT molecular complexity index is 771. The first-order valence-electron chi connectivity index (χ1n) is 6.21. The number of hydrogen-bond acceptors (Lipinski definition) is 6. The average molecular weight is 374 g/mol. The third kappa shape index (κ3) is 3.42. The van der Waals surface area contributed by atoms with Crippen LogP contribution in [0.1, 0.15) is 30.5 Å². The van der Waals surface area contributed by atoms with Crippen molar-refractivity contribution >= 4 is 26.0 Å². The van der Waals surface area contributed by atoms with E-state index in [0.29, 0.717) is 22.1 Å². The number of sulfonamides is 1. The molecule has 1 aromatic carbocycles. The van der Waals surface area contributed by atoms with Gasteiger partial charge in [0.2, 0.25) is 10.0 Å². The number of primary sulfonamides is 1. The van der Waals surface area contributed by atoms with Crippen molar-refractivity contribution in [3.05, 3.63) is 34.4 Å². The van der Waals surface area contributed by atoms with Gasteiger partial charge in [-0.25, -0.2) is 13.6 Å². The highest BCUT2D eigenvalue weighted by atomic mass is 79.9. The van der Waals surface area contributed by atoms with E-state index in [-0.39, 0.29) is 17.3 Å². The Morgan fingerprint density at radius 3 is 2.86 bits per heavy atom. The van der Waals surface area contributed by atoms with Crippen LogP contribution in [0.5, 0.6) is 5.75 Å². The molecule has 0 saturated heterocycles. The van der Waals surface area contributed by atoms with Crippen LogP contribution in [-0.2, 0) is 16.6 Å². The first-order valence-corrected chi connectivity index (χ1v) is 8.55. The SMILES string of the molecule is NS(=O)(=O)c1cc(Br)ccc1OCc1nc(C2CC2)no1. The molecule has 112 valence electrons. The highest BCUT2D eigenvalue weighted by molar-refractivity contribution is 9.10. The molecular weight excluding hydrogens is 362 g/mol. The fraction of sp³-hybridized carbons (Fsp3) is 0.333. The summed E-state index contributed by atoms with van der Waals surface area (Å²) in [5.74, 6) is 1.51. The van der Waals surface area contributed by atoms with Gasteiger partial charge in [-0.15, -0.1) is 0 Å². The van der Waals surface area contributed by atoms with Crippen molar-refractivity contribution < 1.29 is 17.7 Å². The number of ether oxygens (including phenoxy) is 1. The van der Waals surface area contributed by atoms with Crippen molar-refractivity contribution in [3.63, 3.8) is 0 Å². The van der Waals surface area contributed by atoms with Crippen molar-refractivity contribution in [2.24, 2.45) is 5.14 Å². The summed E-state index contributed by atoms with van der Waals surface area (Å²) in [7, 11) is -3.88. The highest BCUT2D eigenvalue weighted by Crippen LogP contribution is 2.38. The summed E-state index contributed by atoms with van der Waals surface area (Å²) < 4.78 is 34.2. The first-order chi connectivity index (χ1) is 9.93. The molecule has 1 aromatic heterocycles. The maximum atomic E-state index is 11.5. The largest absolute Gasteiger partial charge is 0.482 e. The van der Waals surface area contributed by atoms with Crippen LogP contribution in [0.15, 0.2) is 32.1 Å². The van der Waals surface area contributed by atoms with Crippen LogP contribution in [0.2, 0.25) is 0 Å². The van der Waals surface area contributed by atoms with Gasteiger partial charge in [-0.1, -0.05) is 21.1 Å². The van der Waals surface area contributed by atoms with Crippen LogP contribution < -0.4 is 9.88 Å². The average Bonchev–Trinajstić information content (AvgIpc) is 3.16. The summed E-state index contributed by atoms with van der Waals surface area (Å²) in [5, 5.41) is 9.03. The molecule has 1 heterocycles. The zero-order chi connectivity index (χ0) is 15.0. The van der Waals surface area contributed by atoms with E-state index in [9.17, 15) is 8.42 Å². The molecule has 7 nitrogen and oxygen atoms in total. The molecule has 1 fully saturated rings. The summed E-state index contributed by atoms with van der Waals surface area (Å²) >= 11 is 3.19. The van der Waals surface area contributed by atoms with Crippen molar-refractivity contribution in [2.75, 3.05) is 0 Å². The van der Waals surface area contributed by atoms with Gasteiger partial charge < -0.3 is 9.26 Å². The molecule has 2 aromatic rings. The summed E-state index contributed by atoms with van der Waals surface area (Å²) in [6, 6.07) is 4.56. The van der Waals surface area contributed by atoms with E-state index >= 15 is 0 Å². The van der Waals surface area contributed by atoms with Crippen LogP contribution in [0.4, 0.5) is 0 Å². The number of hydrogen-bond donors (Lipinski definition) is 1. The van der Waals surface area contributed by atoms with Crippen molar-refractivity contribution in [3.8, 4) is 5.75 Å². The number of nitrogens with zero attached hydrogens (tertiary/aromatic N) is 2. The van der Waals surface area contributed by atoms with Crippen LogP contribution in [0, 0.1) is 0 Å². The minimum atomic E-state index is -3.88. The van der Waals surface area contributed by atoms with Crippen LogP contribution >= 0.6 is 15.9 Å². The Hall–Kier alpha value is -1.45. The van der Waals surface area contributed by atoms with E-state index in [1.54, 1.807) is 6.07 Å². The fourth-order valence-electron chi connectivity index (χ4n) is 1.80. The maximum Gasteiger partial charge on any atom is 0.264 e. The second-order valence-electron chi connectivity index (χ2n) is 4.75. The molecule has 0 spiro atoms. The van der Waals surface area contributed by atoms with E-state index in [4.69, 9.17) is 14.4 Å². The van der Waals surface area contributed by atoms with E-state index < -0.39 is 10.0 Å². The Balaban J connectivity index is 1.77. The molecule has 0 aliphatic heterocycles. The molecule has 3 rings (SSSR count). The molecule has 0 amide bonds. The molecule has 21 heavy (non-hydrogen) atoms. The lowest BCUT2D eigenvalue weighted by molar-refractivity contribution is 0.237. The molecule has 1 saturated carbocycles. The van der Waals surface area contributed by atoms with Gasteiger partial charge in [0.15, 0.2) is 12.4 Å². The van der Waals surface area contributed by atoms with Crippen LogP contribution in [0.25, 0.3) is 0 Å². The van der Waals surface area contributed by atoms with E-state index in [0.717, 1.165) is 12.8 Å². The maximum absolute atomic E-state index is 11.5. The Morgan fingerprint density at radius 2 is 2.19 bits per heavy atom. The number of rotatable bonds is 5. The Kier molecular flexibility index (Phi) is 3.72. The van der Waals surface area contributed by atoms with Crippen LogP contribution in [-0.4, -0.2) is 18.6 Å². The van der Waals surface area contributed by atoms with Gasteiger partial charge in [0.1, 0.15) is 10.6 Å². The predicted molar refractivity (Wildman–Crippen MR) is 76.1 cm³/mol. The molecule has 2 N–H and O–H groups in total. The third-order valence-electron chi connectivity index (χ3n) is 2.99. The van der Waals surface area contributed by atoms with Gasteiger partial charge >= 0.3 is 0 Å². The molecule has 9 heteroatoms. The van der Waals surface area contributed by atoms with Gasteiger partial charge in [0, 0.05) is 10.4 Å². The van der Waals surface area contributed by atoms with Gasteiger partial charge in [0.05, 0.1) is 0 Å². The number of aromatic nitrogens is 2. The molecule has 0 bridgehead atoms. The lowest BCUT2D eigenvalue weighted by Crippen LogP contribution is -2.14. The van der Waals surface area contributed by atoms with Gasteiger partial charge in [-0.3, -0.25) is 0 Å². The Labute approximate surface area is 129 Å². The van der Waals surface area contributed by atoms with Crippen molar-refractivity contribution in [2.45, 2.75) is 30.3 Å². The van der Waals surface area contributed by atoms with E-state index in [1.165, 1.54) is 12.1 Å². The molecule has 0 atom stereocenters. The zero-order valence-corrected chi connectivity index (χ0v) is 13.2. The molecule has 1 aliphatic rings. The minimum Gasteiger partial charge on any atom is -0.482 e. The minimum absolute atomic E-state index is 0.0100. The third-order valence-corrected chi connectivity index (χ3v) is 4.42. The normalized spacial score (nSPS) is 15.1. The van der Waals surface area contributed by atoms with Crippen molar-refractivity contribution in [1.82, 2.24) is 10.1 Å². The number of benzene rings is 1. The summed E-state index contributed by atoms with van der Waals surface area (Å²) in [6.45, 7) is -0.0100. The quantitative estimate of drug-likeness (QED) is 0.857. The van der Waals surface area contributed by atoms with E-state index in [1.807, 2.05) is 0 Å². The van der Waals surface area contributed by atoms with Gasteiger partial charge in [-0.2, -0.15) is 4.98 Å². The zero-order valence-electron chi connectivity index (χ0n) is 10.8. The standard InChI is InChI=1S/C12H12BrN3O4S/c13-8-3-4-9(10(5-8)21(14,17)18)19-6-11-15-12(16-20-11)7-1-2-7/h3-5,7H,1-2,6H2,(H2,14,17,18). The molecule has 0 radical (unpaired) electrons. The van der Waals surface area contributed by atoms with Gasteiger partial charge in [0.25, 0.3) is 5.89 Å². The Morgan fingerprint density at radius 1 is 1.43 bits per heavy atom. The fourth-order valence-corrected chi connectivity index (χ4v) is 3.01. The first kappa shape index (κ1) is 14.5. The highest BCUT2D eigenvalue weighted by Gasteiger charge is 2.28. The summed E-state index contributed by atoms with van der Waals surface area (Å²) in [6.07, 6.45) is 2.14. The van der Waals surface area contributed by atoms with Gasteiger partial charge in [-0.05, 0) is 31.0 Å². The summed E-state index contributed by atoms with van der Waals surface area (Å²) in [4.78, 5) is 4.11. The monoisotopic (exact) mass is 373 g/mol. The van der Waals surface area contributed by atoms with Crippen molar-refractivity contribution in [1.29, 1.82) is 0 Å². The smallest absolute Gasteiger partial charge is 0.264 e.